The summed E-state index contributed by atoms with van der Waals surface area (Å²) in [5.74, 6) is -0.862. The van der Waals surface area contributed by atoms with Crippen LogP contribution in [0, 0.1) is 0 Å². The largest absolute Gasteiger partial charge is 0.480 e. The number of carbonyl (C=O) groups is 1. The van der Waals surface area contributed by atoms with Crippen molar-refractivity contribution in [2.75, 3.05) is 6.61 Å². The molecule has 2 atom stereocenters. The second kappa shape index (κ2) is 3.45. The van der Waals surface area contributed by atoms with Gasteiger partial charge >= 0.3 is 5.97 Å². The second-order valence-corrected chi connectivity index (χ2v) is 3.77. The van der Waals surface area contributed by atoms with E-state index < -0.39 is 12.0 Å². The minimum atomic E-state index is -0.862. The Balaban J connectivity index is 2.03. The van der Waals surface area contributed by atoms with E-state index in [2.05, 4.69) is 5.32 Å². The number of nitrogens with one attached hydrogen (secondary N) is 1. The molecule has 2 N–H and O–H groups in total. The van der Waals surface area contributed by atoms with Crippen molar-refractivity contribution in [2.45, 2.75) is 12.3 Å². The molecule has 0 saturated carbocycles. The molecule has 1 aliphatic rings. The standard InChI is InChI=1S/C8H9NO3S/c10-8(11)5-4-12-7(9-5)6-2-1-3-13-6/h1-3,5,7,9H,4H2,(H,10,11). The zero-order valence-electron chi connectivity index (χ0n) is 6.77. The van der Waals surface area contributed by atoms with Crippen LogP contribution in [-0.4, -0.2) is 23.7 Å². The van der Waals surface area contributed by atoms with Crippen LogP contribution in [0.15, 0.2) is 17.5 Å². The molecular formula is C8H9NO3S. The molecule has 1 aliphatic heterocycles. The molecule has 2 rings (SSSR count). The Kier molecular flexibility index (Phi) is 2.30. The highest BCUT2D eigenvalue weighted by Crippen LogP contribution is 2.24. The number of ether oxygens (including phenoxy) is 1. The molecule has 1 saturated heterocycles. The molecule has 0 amide bonds. The first-order valence-electron chi connectivity index (χ1n) is 3.91. The predicted octanol–water partition coefficient (Wildman–Crippen LogP) is 0.820. The zero-order valence-corrected chi connectivity index (χ0v) is 7.58. The fraction of sp³-hybridized carbons (Fsp3) is 0.375. The van der Waals surface area contributed by atoms with Gasteiger partial charge in [-0.15, -0.1) is 11.3 Å². The van der Waals surface area contributed by atoms with E-state index in [4.69, 9.17) is 9.84 Å². The van der Waals surface area contributed by atoms with E-state index in [0.29, 0.717) is 0 Å². The van der Waals surface area contributed by atoms with Gasteiger partial charge in [0.15, 0.2) is 0 Å². The number of rotatable bonds is 2. The summed E-state index contributed by atoms with van der Waals surface area (Å²) < 4.78 is 5.29. The fourth-order valence-electron chi connectivity index (χ4n) is 1.22. The molecule has 70 valence electrons. The van der Waals surface area contributed by atoms with E-state index in [-0.39, 0.29) is 12.8 Å². The van der Waals surface area contributed by atoms with E-state index >= 15 is 0 Å². The van der Waals surface area contributed by atoms with Crippen molar-refractivity contribution in [3.05, 3.63) is 22.4 Å². The van der Waals surface area contributed by atoms with E-state index in [1.807, 2.05) is 17.5 Å². The van der Waals surface area contributed by atoms with Crippen LogP contribution in [0.1, 0.15) is 11.1 Å². The van der Waals surface area contributed by atoms with Gasteiger partial charge in [0, 0.05) is 4.88 Å². The van der Waals surface area contributed by atoms with E-state index in [1.165, 1.54) is 0 Å². The SMILES string of the molecule is O=C(O)C1COC(c2cccs2)N1. The van der Waals surface area contributed by atoms with Crippen LogP contribution in [-0.2, 0) is 9.53 Å². The van der Waals surface area contributed by atoms with Gasteiger partial charge in [-0.3, -0.25) is 10.1 Å². The number of carboxylic acids is 1. The highest BCUT2D eigenvalue weighted by molar-refractivity contribution is 7.10. The molecule has 0 spiro atoms. The molecular weight excluding hydrogens is 190 g/mol. The van der Waals surface area contributed by atoms with E-state index in [0.717, 1.165) is 4.88 Å². The summed E-state index contributed by atoms with van der Waals surface area (Å²) in [5.41, 5.74) is 0. The van der Waals surface area contributed by atoms with Crippen molar-refractivity contribution in [3.63, 3.8) is 0 Å². The van der Waals surface area contributed by atoms with Crippen LogP contribution in [0.5, 0.6) is 0 Å². The lowest BCUT2D eigenvalue weighted by Crippen LogP contribution is -2.33. The summed E-state index contributed by atoms with van der Waals surface area (Å²) in [5, 5.41) is 13.5. The van der Waals surface area contributed by atoms with Crippen LogP contribution < -0.4 is 5.32 Å². The number of hydrogen-bond donors (Lipinski definition) is 2. The summed E-state index contributed by atoms with van der Waals surface area (Å²) in [6, 6.07) is 3.26. The average molecular weight is 199 g/mol. The first-order valence-corrected chi connectivity index (χ1v) is 4.79. The Labute approximate surface area is 79.1 Å². The molecule has 1 aromatic rings. The fourth-order valence-corrected chi connectivity index (χ4v) is 1.95. The second-order valence-electron chi connectivity index (χ2n) is 2.79. The van der Waals surface area contributed by atoms with Crippen molar-refractivity contribution < 1.29 is 14.6 Å². The summed E-state index contributed by atoms with van der Waals surface area (Å²) >= 11 is 1.55. The highest BCUT2D eigenvalue weighted by Gasteiger charge is 2.30. The van der Waals surface area contributed by atoms with Crippen LogP contribution in [0.3, 0.4) is 0 Å². The van der Waals surface area contributed by atoms with Gasteiger partial charge in [-0.2, -0.15) is 0 Å². The number of aliphatic carboxylic acids is 1. The zero-order chi connectivity index (χ0) is 9.26. The third kappa shape index (κ3) is 1.72. The first kappa shape index (κ1) is 8.68. The van der Waals surface area contributed by atoms with Gasteiger partial charge in [-0.1, -0.05) is 6.07 Å². The third-order valence-corrected chi connectivity index (χ3v) is 2.80. The van der Waals surface area contributed by atoms with Crippen LogP contribution in [0.4, 0.5) is 0 Å². The smallest absolute Gasteiger partial charge is 0.323 e. The Bertz CT molecular complexity index is 298. The van der Waals surface area contributed by atoms with E-state index in [9.17, 15) is 4.79 Å². The van der Waals surface area contributed by atoms with Crippen LogP contribution >= 0.6 is 11.3 Å². The van der Waals surface area contributed by atoms with Gasteiger partial charge in [-0.05, 0) is 11.4 Å². The third-order valence-electron chi connectivity index (χ3n) is 1.88. The normalized spacial score (nSPS) is 27.7. The number of thiophene rings is 1. The lowest BCUT2D eigenvalue weighted by molar-refractivity contribution is -0.139. The quantitative estimate of drug-likeness (QED) is 0.740. The molecule has 5 heteroatoms. The van der Waals surface area contributed by atoms with Crippen molar-refractivity contribution >= 4 is 17.3 Å². The number of hydrogen-bond acceptors (Lipinski definition) is 4. The van der Waals surface area contributed by atoms with E-state index in [1.54, 1.807) is 11.3 Å². The maximum atomic E-state index is 10.6. The van der Waals surface area contributed by atoms with Gasteiger partial charge in [0.2, 0.25) is 0 Å². The van der Waals surface area contributed by atoms with Crippen LogP contribution in [0.2, 0.25) is 0 Å². The summed E-state index contributed by atoms with van der Waals surface area (Å²) in [7, 11) is 0. The molecule has 0 radical (unpaired) electrons. The number of carboxylic acid groups (broad SMARTS) is 1. The Morgan fingerprint density at radius 3 is 3.15 bits per heavy atom. The van der Waals surface area contributed by atoms with Crippen molar-refractivity contribution in [1.82, 2.24) is 5.32 Å². The molecule has 1 fully saturated rings. The van der Waals surface area contributed by atoms with Gasteiger partial charge in [-0.25, -0.2) is 0 Å². The minimum Gasteiger partial charge on any atom is -0.480 e. The highest BCUT2D eigenvalue weighted by atomic mass is 32.1. The Morgan fingerprint density at radius 2 is 2.62 bits per heavy atom. The molecule has 1 aromatic heterocycles. The average Bonchev–Trinajstić information content (AvgIpc) is 2.75. The van der Waals surface area contributed by atoms with Gasteiger partial charge in [0.25, 0.3) is 0 Å². The molecule has 13 heavy (non-hydrogen) atoms. The first-order chi connectivity index (χ1) is 6.27. The molecule has 2 heterocycles. The molecule has 2 unspecified atom stereocenters. The maximum Gasteiger partial charge on any atom is 0.323 e. The molecule has 0 aromatic carbocycles. The van der Waals surface area contributed by atoms with Crippen molar-refractivity contribution in [2.24, 2.45) is 0 Å². The van der Waals surface area contributed by atoms with Gasteiger partial charge in [0.05, 0.1) is 6.61 Å². The summed E-state index contributed by atoms with van der Waals surface area (Å²) in [6.45, 7) is 0.234. The van der Waals surface area contributed by atoms with Gasteiger partial charge in [0.1, 0.15) is 12.3 Å². The molecule has 0 bridgehead atoms. The van der Waals surface area contributed by atoms with Crippen molar-refractivity contribution in [3.8, 4) is 0 Å². The maximum absolute atomic E-state index is 10.6. The lowest BCUT2D eigenvalue weighted by atomic mass is 10.3. The van der Waals surface area contributed by atoms with Crippen LogP contribution in [0.25, 0.3) is 0 Å². The Morgan fingerprint density at radius 1 is 1.77 bits per heavy atom. The Hall–Kier alpha value is -0.910. The lowest BCUT2D eigenvalue weighted by Gasteiger charge is -2.06. The predicted molar refractivity (Wildman–Crippen MR) is 47.6 cm³/mol. The molecule has 0 aliphatic carbocycles. The summed E-state index contributed by atoms with van der Waals surface area (Å²) in [4.78, 5) is 11.6. The van der Waals surface area contributed by atoms with Gasteiger partial charge < -0.3 is 9.84 Å². The molecule has 4 nitrogen and oxygen atoms in total. The summed E-state index contributed by atoms with van der Waals surface area (Å²) in [6.07, 6.45) is -0.249. The monoisotopic (exact) mass is 199 g/mol. The van der Waals surface area contributed by atoms with Crippen molar-refractivity contribution in [1.29, 1.82) is 0 Å². The topological polar surface area (TPSA) is 58.6 Å². The minimum absolute atomic E-state index is 0.234.